The number of phenolic OH excluding ortho intramolecular Hbond substituents is 1. The monoisotopic (exact) mass is 320 g/mol. The number of aromatic nitrogens is 1. The number of aromatic hydroxyl groups is 1. The van der Waals surface area contributed by atoms with E-state index >= 15 is 0 Å². The van der Waals surface area contributed by atoms with Crippen LogP contribution in [0.25, 0.3) is 11.0 Å². The van der Waals surface area contributed by atoms with Gasteiger partial charge < -0.3 is 9.52 Å². The number of halogens is 2. The van der Waals surface area contributed by atoms with Crippen LogP contribution in [-0.4, -0.2) is 9.67 Å². The second-order valence-electron chi connectivity index (χ2n) is 4.64. The fourth-order valence-corrected chi connectivity index (χ4v) is 2.20. The molecule has 0 aliphatic carbocycles. The Kier molecular flexibility index (Phi) is 3.46. The lowest BCUT2D eigenvalue weighted by atomic mass is 10.2. The van der Waals surface area contributed by atoms with Crippen molar-refractivity contribution in [3.8, 4) is 5.75 Å². The van der Waals surface area contributed by atoms with Crippen LogP contribution >= 0.6 is 11.6 Å². The van der Waals surface area contributed by atoms with Crippen LogP contribution in [0, 0.1) is 5.82 Å². The van der Waals surface area contributed by atoms with Crippen molar-refractivity contribution in [3.05, 3.63) is 63.3 Å². The summed E-state index contributed by atoms with van der Waals surface area (Å²) >= 11 is 5.73. The number of rotatable bonds is 1. The summed E-state index contributed by atoms with van der Waals surface area (Å²) in [6.07, 6.45) is 0. The normalized spacial score (nSPS) is 12.0. The topological polar surface area (TPSA) is 67.7 Å². The first-order valence-electron chi connectivity index (χ1n) is 6.28. The smallest absolute Gasteiger partial charge is 0.420 e. The fraction of sp³-hybridized carbons (Fsp3) is 0.0667. The van der Waals surface area contributed by atoms with Gasteiger partial charge in [0.2, 0.25) is 0 Å². The Hall–Kier alpha value is -2.60. The Labute approximate surface area is 128 Å². The third-order valence-electron chi connectivity index (χ3n) is 3.13. The molecule has 0 aliphatic heterocycles. The highest BCUT2D eigenvalue weighted by atomic mass is 35.5. The van der Waals surface area contributed by atoms with E-state index in [0.717, 1.165) is 0 Å². The SMILES string of the molecule is Cn1c(=O)oc2ccc(O)cc2c1=Nc1ccc(F)c(Cl)c1. The van der Waals surface area contributed by atoms with Crippen LogP contribution in [0.1, 0.15) is 0 Å². The zero-order valence-corrected chi connectivity index (χ0v) is 12.1. The third-order valence-corrected chi connectivity index (χ3v) is 3.42. The number of hydrogen-bond acceptors (Lipinski definition) is 4. The average molecular weight is 321 g/mol. The Morgan fingerprint density at radius 1 is 1.27 bits per heavy atom. The number of benzene rings is 2. The van der Waals surface area contributed by atoms with Gasteiger partial charge in [0, 0.05) is 7.05 Å². The quantitative estimate of drug-likeness (QED) is 0.749. The molecule has 0 saturated heterocycles. The van der Waals surface area contributed by atoms with Crippen LogP contribution in [0.2, 0.25) is 5.02 Å². The van der Waals surface area contributed by atoms with Crippen LogP contribution < -0.4 is 11.2 Å². The van der Waals surface area contributed by atoms with Crippen molar-refractivity contribution < 1.29 is 13.9 Å². The highest BCUT2D eigenvalue weighted by Gasteiger charge is 2.07. The van der Waals surface area contributed by atoms with E-state index in [2.05, 4.69) is 4.99 Å². The molecule has 0 aliphatic rings. The first-order valence-corrected chi connectivity index (χ1v) is 6.66. The Morgan fingerprint density at radius 2 is 2.05 bits per heavy atom. The Balaban J connectivity index is 2.39. The van der Waals surface area contributed by atoms with Gasteiger partial charge in [-0.25, -0.2) is 14.2 Å². The second-order valence-corrected chi connectivity index (χ2v) is 5.05. The summed E-state index contributed by atoms with van der Waals surface area (Å²) in [6, 6.07) is 8.28. The summed E-state index contributed by atoms with van der Waals surface area (Å²) < 4.78 is 19.5. The first kappa shape index (κ1) is 14.3. The number of hydrogen-bond donors (Lipinski definition) is 1. The minimum atomic E-state index is -0.606. The maximum absolute atomic E-state index is 13.2. The van der Waals surface area contributed by atoms with Crippen molar-refractivity contribution in [2.24, 2.45) is 12.0 Å². The van der Waals surface area contributed by atoms with Gasteiger partial charge in [-0.15, -0.1) is 0 Å². The van der Waals surface area contributed by atoms with Gasteiger partial charge in [-0.05, 0) is 36.4 Å². The fourth-order valence-electron chi connectivity index (χ4n) is 2.02. The molecule has 2 aromatic carbocycles. The lowest BCUT2D eigenvalue weighted by Gasteiger charge is -2.04. The van der Waals surface area contributed by atoms with Gasteiger partial charge in [0.05, 0.1) is 16.1 Å². The average Bonchev–Trinajstić information content (AvgIpc) is 2.48. The standard InChI is InChI=1S/C15H10ClFN2O3/c1-19-14(18-8-2-4-12(17)11(16)6-8)10-7-9(20)3-5-13(10)22-15(19)21/h2-7,20H,1H3. The van der Waals surface area contributed by atoms with E-state index in [0.29, 0.717) is 11.1 Å². The Bertz CT molecular complexity index is 1010. The molecule has 1 heterocycles. The maximum Gasteiger partial charge on any atom is 0.420 e. The molecule has 22 heavy (non-hydrogen) atoms. The largest absolute Gasteiger partial charge is 0.508 e. The number of fused-ring (bicyclic) bond motifs is 1. The summed E-state index contributed by atoms with van der Waals surface area (Å²) in [7, 11) is 1.49. The van der Waals surface area contributed by atoms with E-state index in [1.165, 1.54) is 48.0 Å². The summed E-state index contributed by atoms with van der Waals surface area (Å²) in [6.45, 7) is 0. The molecule has 0 atom stereocenters. The third kappa shape index (κ3) is 2.48. The first-order chi connectivity index (χ1) is 10.5. The lowest BCUT2D eigenvalue weighted by molar-refractivity contribution is 0.468. The van der Waals surface area contributed by atoms with Gasteiger partial charge in [0.25, 0.3) is 0 Å². The Morgan fingerprint density at radius 3 is 2.77 bits per heavy atom. The molecular formula is C15H10ClFN2O3. The zero-order valence-electron chi connectivity index (χ0n) is 11.4. The lowest BCUT2D eigenvalue weighted by Crippen LogP contribution is -2.30. The van der Waals surface area contributed by atoms with E-state index in [-0.39, 0.29) is 21.8 Å². The molecule has 3 aromatic rings. The molecule has 1 aromatic heterocycles. The van der Waals surface area contributed by atoms with Crippen molar-refractivity contribution in [1.82, 2.24) is 4.57 Å². The summed E-state index contributed by atoms with van der Waals surface area (Å²) in [4.78, 5) is 16.2. The van der Waals surface area contributed by atoms with Gasteiger partial charge in [-0.1, -0.05) is 11.6 Å². The summed E-state index contributed by atoms with van der Waals surface area (Å²) in [5.74, 6) is -1.15. The molecule has 0 bridgehead atoms. The maximum atomic E-state index is 13.2. The minimum absolute atomic E-state index is 0.00920. The molecule has 0 unspecified atom stereocenters. The van der Waals surface area contributed by atoms with E-state index < -0.39 is 11.6 Å². The van der Waals surface area contributed by atoms with E-state index in [1.807, 2.05) is 0 Å². The summed E-state index contributed by atoms with van der Waals surface area (Å²) in [5, 5.41) is 10.00. The van der Waals surface area contributed by atoms with Crippen LogP contribution in [0.15, 0.2) is 50.6 Å². The van der Waals surface area contributed by atoms with Crippen LogP contribution in [0.5, 0.6) is 5.75 Å². The molecule has 7 heteroatoms. The molecule has 0 radical (unpaired) electrons. The van der Waals surface area contributed by atoms with Crippen molar-refractivity contribution in [1.29, 1.82) is 0 Å². The summed E-state index contributed by atoms with van der Waals surface area (Å²) in [5.41, 5.74) is 0.926. The molecular weight excluding hydrogens is 311 g/mol. The molecule has 1 N–H and O–H groups in total. The van der Waals surface area contributed by atoms with E-state index in [9.17, 15) is 14.3 Å². The van der Waals surface area contributed by atoms with Crippen molar-refractivity contribution in [3.63, 3.8) is 0 Å². The molecule has 0 spiro atoms. The molecule has 112 valence electrons. The van der Waals surface area contributed by atoms with Crippen molar-refractivity contribution in [2.45, 2.75) is 0 Å². The molecule has 3 rings (SSSR count). The van der Waals surface area contributed by atoms with Gasteiger partial charge in [-0.3, -0.25) is 4.57 Å². The predicted molar refractivity (Wildman–Crippen MR) is 79.8 cm³/mol. The molecule has 5 nitrogen and oxygen atoms in total. The highest BCUT2D eigenvalue weighted by Crippen LogP contribution is 2.22. The minimum Gasteiger partial charge on any atom is -0.508 e. The van der Waals surface area contributed by atoms with E-state index in [1.54, 1.807) is 0 Å². The predicted octanol–water partition coefficient (Wildman–Crippen LogP) is 2.86. The van der Waals surface area contributed by atoms with Gasteiger partial charge >= 0.3 is 5.76 Å². The highest BCUT2D eigenvalue weighted by molar-refractivity contribution is 6.31. The van der Waals surface area contributed by atoms with E-state index in [4.69, 9.17) is 16.0 Å². The zero-order chi connectivity index (χ0) is 15.9. The van der Waals surface area contributed by atoms with Crippen molar-refractivity contribution in [2.75, 3.05) is 0 Å². The molecule has 0 saturated carbocycles. The molecule has 0 fully saturated rings. The second kappa shape index (κ2) is 5.31. The molecule has 0 amide bonds. The number of nitrogens with zero attached hydrogens (tertiary/aromatic N) is 2. The van der Waals surface area contributed by atoms with Gasteiger partial charge in [-0.2, -0.15) is 0 Å². The van der Waals surface area contributed by atoms with Gasteiger partial charge in [0.1, 0.15) is 22.6 Å². The van der Waals surface area contributed by atoms with Crippen LogP contribution in [-0.2, 0) is 7.05 Å². The van der Waals surface area contributed by atoms with Crippen molar-refractivity contribution >= 4 is 28.3 Å². The van der Waals surface area contributed by atoms with Gasteiger partial charge in [0.15, 0.2) is 0 Å². The van der Waals surface area contributed by atoms with Crippen LogP contribution in [0.4, 0.5) is 10.1 Å². The number of phenols is 1. The van der Waals surface area contributed by atoms with Crippen LogP contribution in [0.3, 0.4) is 0 Å².